The van der Waals surface area contributed by atoms with Crippen molar-refractivity contribution in [2.75, 3.05) is 0 Å². The van der Waals surface area contributed by atoms with Gasteiger partial charge in [0.2, 0.25) is 0 Å². The van der Waals surface area contributed by atoms with Gasteiger partial charge in [-0.15, -0.1) is 0 Å². The second-order valence-electron chi connectivity index (χ2n) is 4.98. The first kappa shape index (κ1) is 17.2. The van der Waals surface area contributed by atoms with E-state index < -0.39 is 0 Å². The Morgan fingerprint density at radius 2 is 1.44 bits per heavy atom. The molecule has 0 saturated heterocycles. The average molecular weight is 250 g/mol. The molecule has 0 radical (unpaired) electrons. The molecule has 0 aromatic rings. The van der Waals surface area contributed by atoms with Gasteiger partial charge in [-0.25, -0.2) is 0 Å². The van der Waals surface area contributed by atoms with Crippen LogP contribution in [0.4, 0.5) is 0 Å². The van der Waals surface area contributed by atoms with Gasteiger partial charge in [0.05, 0.1) is 0 Å². The van der Waals surface area contributed by atoms with Crippen LogP contribution >= 0.6 is 0 Å². The van der Waals surface area contributed by atoms with Crippen LogP contribution in [0.2, 0.25) is 0 Å². The van der Waals surface area contributed by atoms with Crippen LogP contribution in [0.25, 0.3) is 0 Å². The third-order valence-electron chi connectivity index (χ3n) is 2.96. The van der Waals surface area contributed by atoms with Crippen molar-refractivity contribution in [3.63, 3.8) is 0 Å². The Morgan fingerprint density at radius 3 is 2.11 bits per heavy atom. The highest BCUT2D eigenvalue weighted by molar-refractivity contribution is 5.75. The molecule has 0 amide bonds. The molecule has 0 unspecified atom stereocenters. The maximum Gasteiger partial charge on any atom is 0.129 e. The van der Waals surface area contributed by atoms with Crippen LogP contribution in [0.5, 0.6) is 0 Å². The van der Waals surface area contributed by atoms with Gasteiger partial charge in [-0.05, 0) is 39.0 Å². The minimum atomic E-state index is 0.328. The molecule has 0 aromatic heterocycles. The quantitative estimate of drug-likeness (QED) is 0.325. The predicted octanol–water partition coefficient (Wildman–Crippen LogP) is 5.61. The summed E-state index contributed by atoms with van der Waals surface area (Å²) in [6, 6.07) is 0. The Morgan fingerprint density at radius 1 is 0.833 bits per heavy atom. The molecular formula is C17H30O. The molecule has 1 nitrogen and oxygen atoms in total. The Balaban J connectivity index is 3.15. The van der Waals surface area contributed by atoms with Crippen molar-refractivity contribution < 1.29 is 4.79 Å². The average Bonchev–Trinajstić information content (AvgIpc) is 2.34. The summed E-state index contributed by atoms with van der Waals surface area (Å²) in [6.45, 7) is 3.89. The standard InChI is InChI=1S/C17H30O/c1-3-4-5-6-7-8-9-10-11-12-13-14-15-16-17(2)18/h5-6,8-9H,3-4,7,10-16H2,1-2H3/b6-5-,9-8-. The van der Waals surface area contributed by atoms with Crippen molar-refractivity contribution >= 4 is 5.78 Å². The van der Waals surface area contributed by atoms with Crippen molar-refractivity contribution in [3.05, 3.63) is 24.3 Å². The molecular weight excluding hydrogens is 220 g/mol. The van der Waals surface area contributed by atoms with Crippen molar-refractivity contribution in [1.82, 2.24) is 0 Å². The number of ketones is 1. The Hall–Kier alpha value is -0.850. The van der Waals surface area contributed by atoms with Crippen LogP contribution in [0.15, 0.2) is 24.3 Å². The van der Waals surface area contributed by atoms with E-state index in [0.717, 1.165) is 19.3 Å². The maximum atomic E-state index is 10.7. The van der Waals surface area contributed by atoms with Crippen LogP contribution < -0.4 is 0 Å². The first-order valence-corrected chi connectivity index (χ1v) is 7.56. The number of rotatable bonds is 12. The molecule has 0 bridgehead atoms. The number of carbonyl (C=O) groups is 1. The van der Waals surface area contributed by atoms with Gasteiger partial charge in [0.1, 0.15) is 5.78 Å². The van der Waals surface area contributed by atoms with Crippen LogP contribution in [-0.2, 0) is 4.79 Å². The van der Waals surface area contributed by atoms with E-state index in [9.17, 15) is 4.79 Å². The molecule has 0 N–H and O–H groups in total. The molecule has 0 aliphatic heterocycles. The summed E-state index contributed by atoms with van der Waals surface area (Å²) in [5, 5.41) is 0. The minimum absolute atomic E-state index is 0.328. The Labute approximate surface area is 113 Å². The molecule has 0 rings (SSSR count). The second kappa shape index (κ2) is 14.2. The normalized spacial score (nSPS) is 11.7. The molecule has 0 aliphatic carbocycles. The maximum absolute atomic E-state index is 10.7. The van der Waals surface area contributed by atoms with E-state index in [-0.39, 0.29) is 0 Å². The zero-order valence-corrected chi connectivity index (χ0v) is 12.3. The fourth-order valence-electron chi connectivity index (χ4n) is 1.84. The lowest BCUT2D eigenvalue weighted by Crippen LogP contribution is -1.89. The lowest BCUT2D eigenvalue weighted by molar-refractivity contribution is -0.117. The Kier molecular flexibility index (Phi) is 13.5. The molecule has 1 heteroatoms. The fourth-order valence-corrected chi connectivity index (χ4v) is 1.84. The van der Waals surface area contributed by atoms with Crippen molar-refractivity contribution in [1.29, 1.82) is 0 Å². The minimum Gasteiger partial charge on any atom is -0.300 e. The van der Waals surface area contributed by atoms with Gasteiger partial charge >= 0.3 is 0 Å². The summed E-state index contributed by atoms with van der Waals surface area (Å²) in [7, 11) is 0. The number of carbonyl (C=O) groups excluding carboxylic acids is 1. The highest BCUT2D eigenvalue weighted by Gasteiger charge is 1.93. The molecule has 0 heterocycles. The molecule has 0 spiro atoms. The van der Waals surface area contributed by atoms with E-state index in [2.05, 4.69) is 31.2 Å². The second-order valence-corrected chi connectivity index (χ2v) is 4.98. The topological polar surface area (TPSA) is 17.1 Å². The van der Waals surface area contributed by atoms with E-state index >= 15 is 0 Å². The van der Waals surface area contributed by atoms with E-state index in [1.165, 1.54) is 44.9 Å². The van der Waals surface area contributed by atoms with E-state index in [1.54, 1.807) is 6.92 Å². The van der Waals surface area contributed by atoms with Crippen molar-refractivity contribution in [2.24, 2.45) is 0 Å². The van der Waals surface area contributed by atoms with Gasteiger partial charge in [0.25, 0.3) is 0 Å². The van der Waals surface area contributed by atoms with Crippen LogP contribution in [0, 0.1) is 0 Å². The van der Waals surface area contributed by atoms with E-state index in [4.69, 9.17) is 0 Å². The molecule has 18 heavy (non-hydrogen) atoms. The number of hydrogen-bond acceptors (Lipinski definition) is 1. The SMILES string of the molecule is CCC/C=C\C/C=C\CCCCCCCC(C)=O. The lowest BCUT2D eigenvalue weighted by Gasteiger charge is -1.98. The third kappa shape index (κ3) is 15.1. The first-order valence-electron chi connectivity index (χ1n) is 7.56. The number of allylic oxidation sites excluding steroid dienone is 4. The number of Topliss-reactive ketones (excluding diaryl/α,β-unsaturated/α-hetero) is 1. The number of unbranched alkanes of at least 4 members (excludes halogenated alkanes) is 6. The van der Waals surface area contributed by atoms with Crippen molar-refractivity contribution in [2.45, 2.75) is 78.1 Å². The monoisotopic (exact) mass is 250 g/mol. The molecule has 104 valence electrons. The van der Waals surface area contributed by atoms with Gasteiger partial charge in [-0.2, -0.15) is 0 Å². The van der Waals surface area contributed by atoms with Gasteiger partial charge in [-0.3, -0.25) is 0 Å². The predicted molar refractivity (Wildman–Crippen MR) is 80.8 cm³/mol. The molecule has 0 atom stereocenters. The van der Waals surface area contributed by atoms with Crippen LogP contribution in [0.3, 0.4) is 0 Å². The van der Waals surface area contributed by atoms with Gasteiger partial charge in [-0.1, -0.05) is 56.9 Å². The van der Waals surface area contributed by atoms with Crippen LogP contribution in [0.1, 0.15) is 78.1 Å². The highest BCUT2D eigenvalue weighted by atomic mass is 16.1. The largest absolute Gasteiger partial charge is 0.300 e. The van der Waals surface area contributed by atoms with Crippen LogP contribution in [-0.4, -0.2) is 5.78 Å². The summed E-state index contributed by atoms with van der Waals surface area (Å²) >= 11 is 0. The smallest absolute Gasteiger partial charge is 0.129 e. The summed E-state index contributed by atoms with van der Waals surface area (Å²) in [5.74, 6) is 0.328. The molecule has 0 aliphatic rings. The van der Waals surface area contributed by atoms with Crippen molar-refractivity contribution in [3.8, 4) is 0 Å². The van der Waals surface area contributed by atoms with E-state index in [0.29, 0.717) is 5.78 Å². The third-order valence-corrected chi connectivity index (χ3v) is 2.96. The zero-order valence-electron chi connectivity index (χ0n) is 12.3. The van der Waals surface area contributed by atoms with Gasteiger partial charge in [0, 0.05) is 6.42 Å². The van der Waals surface area contributed by atoms with Gasteiger partial charge in [0.15, 0.2) is 0 Å². The highest BCUT2D eigenvalue weighted by Crippen LogP contribution is 2.08. The molecule has 0 aromatic carbocycles. The lowest BCUT2D eigenvalue weighted by atomic mass is 10.1. The molecule has 0 fully saturated rings. The Bertz CT molecular complexity index is 238. The summed E-state index contributed by atoms with van der Waals surface area (Å²) in [4.78, 5) is 10.7. The van der Waals surface area contributed by atoms with Gasteiger partial charge < -0.3 is 4.79 Å². The summed E-state index contributed by atoms with van der Waals surface area (Å²) in [5.41, 5.74) is 0. The summed E-state index contributed by atoms with van der Waals surface area (Å²) < 4.78 is 0. The van der Waals surface area contributed by atoms with E-state index in [1.807, 2.05) is 0 Å². The number of hydrogen-bond donors (Lipinski definition) is 0. The fraction of sp³-hybridized carbons (Fsp3) is 0.706. The summed E-state index contributed by atoms with van der Waals surface area (Å²) in [6.07, 6.45) is 20.7. The first-order chi connectivity index (χ1) is 8.77. The molecule has 0 saturated carbocycles. The zero-order chi connectivity index (χ0) is 13.5.